The monoisotopic (exact) mass is 651 g/mol. The zero-order valence-corrected chi connectivity index (χ0v) is 28.4. The van der Waals surface area contributed by atoms with Crippen molar-refractivity contribution < 1.29 is 0 Å². The predicted molar refractivity (Wildman–Crippen MR) is 212 cm³/mol. The third-order valence-corrected chi connectivity index (χ3v) is 10.7. The third kappa shape index (κ3) is 4.69. The van der Waals surface area contributed by atoms with Gasteiger partial charge in [-0.05, 0) is 77.8 Å². The number of nitrogens with zero attached hydrogens (tertiary/aromatic N) is 3. The van der Waals surface area contributed by atoms with Gasteiger partial charge in [0.2, 0.25) is 0 Å². The van der Waals surface area contributed by atoms with Crippen LogP contribution in [0.15, 0.2) is 164 Å². The minimum absolute atomic E-state index is 0.0474. The predicted octanol–water partition coefficient (Wildman–Crippen LogP) is 12.3. The summed E-state index contributed by atoms with van der Waals surface area (Å²) in [6.45, 7) is 4.67. The van der Waals surface area contributed by atoms with Crippen LogP contribution in [0.5, 0.6) is 0 Å². The van der Waals surface area contributed by atoms with Crippen LogP contribution in [0.1, 0.15) is 25.0 Å². The molecule has 1 aliphatic rings. The second-order valence-electron chi connectivity index (χ2n) is 14.0. The van der Waals surface area contributed by atoms with Gasteiger partial charge in [0.1, 0.15) is 0 Å². The van der Waals surface area contributed by atoms with Gasteiger partial charge < -0.3 is 0 Å². The van der Waals surface area contributed by atoms with Crippen LogP contribution in [0.25, 0.3) is 88.7 Å². The topological polar surface area (TPSA) is 38.7 Å². The number of hydrogen-bond donors (Lipinski definition) is 0. The molecule has 0 N–H and O–H groups in total. The van der Waals surface area contributed by atoms with E-state index in [-0.39, 0.29) is 5.41 Å². The first-order chi connectivity index (χ1) is 25.0. The Morgan fingerprint density at radius 1 is 0.353 bits per heavy atom. The molecule has 0 bridgehead atoms. The zero-order valence-electron chi connectivity index (χ0n) is 28.4. The van der Waals surface area contributed by atoms with E-state index in [1.54, 1.807) is 0 Å². The molecule has 0 spiro atoms. The molecule has 0 saturated carbocycles. The molecule has 0 atom stereocenters. The van der Waals surface area contributed by atoms with Gasteiger partial charge in [-0.1, -0.05) is 166 Å². The summed E-state index contributed by atoms with van der Waals surface area (Å²) < 4.78 is 0. The smallest absolute Gasteiger partial charge is 0.164 e. The van der Waals surface area contributed by atoms with E-state index in [0.717, 1.165) is 43.6 Å². The molecule has 9 aromatic rings. The van der Waals surface area contributed by atoms with Gasteiger partial charge in [0.15, 0.2) is 17.5 Å². The van der Waals surface area contributed by atoms with Crippen molar-refractivity contribution in [2.75, 3.05) is 0 Å². The fourth-order valence-electron chi connectivity index (χ4n) is 8.14. The molecular formula is C48H33N3. The Kier molecular flexibility index (Phi) is 6.53. The van der Waals surface area contributed by atoms with Gasteiger partial charge in [0.25, 0.3) is 0 Å². The number of hydrogen-bond acceptors (Lipinski definition) is 3. The van der Waals surface area contributed by atoms with Crippen molar-refractivity contribution in [3.05, 3.63) is 175 Å². The fraction of sp³-hybridized carbons (Fsp3) is 0.0625. The molecule has 10 rings (SSSR count). The Bertz CT molecular complexity index is 2740. The largest absolute Gasteiger partial charge is 0.208 e. The molecule has 1 aromatic heterocycles. The van der Waals surface area contributed by atoms with Gasteiger partial charge in [-0.3, -0.25) is 0 Å². The van der Waals surface area contributed by atoms with Gasteiger partial charge in [0, 0.05) is 22.1 Å². The van der Waals surface area contributed by atoms with Crippen LogP contribution in [0.3, 0.4) is 0 Å². The lowest BCUT2D eigenvalue weighted by Crippen LogP contribution is -2.14. The average Bonchev–Trinajstić information content (AvgIpc) is 3.43. The third-order valence-electron chi connectivity index (χ3n) is 10.7. The quantitative estimate of drug-likeness (QED) is 0.190. The zero-order chi connectivity index (χ0) is 34.1. The molecule has 240 valence electrons. The van der Waals surface area contributed by atoms with Gasteiger partial charge in [0.05, 0.1) is 0 Å². The summed E-state index contributed by atoms with van der Waals surface area (Å²) in [5.74, 6) is 1.98. The van der Waals surface area contributed by atoms with Crippen molar-refractivity contribution in [1.82, 2.24) is 15.0 Å². The average molecular weight is 652 g/mol. The normalized spacial score (nSPS) is 13.1. The molecular weight excluding hydrogens is 619 g/mol. The van der Waals surface area contributed by atoms with E-state index in [1.807, 2.05) is 0 Å². The molecule has 1 aliphatic carbocycles. The maximum atomic E-state index is 5.18. The first-order valence-electron chi connectivity index (χ1n) is 17.5. The Morgan fingerprint density at radius 3 is 1.55 bits per heavy atom. The molecule has 0 aliphatic heterocycles. The first-order valence-corrected chi connectivity index (χ1v) is 17.5. The van der Waals surface area contributed by atoms with E-state index >= 15 is 0 Å². The first kappa shape index (κ1) is 29.5. The summed E-state index contributed by atoms with van der Waals surface area (Å²) >= 11 is 0. The Labute approximate surface area is 297 Å². The van der Waals surface area contributed by atoms with Crippen LogP contribution in [0.2, 0.25) is 0 Å². The Morgan fingerprint density at radius 2 is 0.843 bits per heavy atom. The summed E-state index contributed by atoms with van der Waals surface area (Å²) in [6, 6.07) is 58.5. The van der Waals surface area contributed by atoms with Crippen molar-refractivity contribution in [2.45, 2.75) is 19.3 Å². The van der Waals surface area contributed by atoms with E-state index in [4.69, 9.17) is 15.0 Å². The van der Waals surface area contributed by atoms with Crippen molar-refractivity contribution in [3.63, 3.8) is 0 Å². The van der Waals surface area contributed by atoms with E-state index in [2.05, 4.69) is 178 Å². The van der Waals surface area contributed by atoms with E-state index in [1.165, 1.54) is 38.8 Å². The lowest BCUT2D eigenvalue weighted by atomic mass is 9.82. The molecule has 3 nitrogen and oxygen atoms in total. The number of fused-ring (bicyclic) bond motifs is 6. The fourth-order valence-corrected chi connectivity index (χ4v) is 8.14. The molecule has 0 fully saturated rings. The maximum absolute atomic E-state index is 5.18. The number of aromatic nitrogens is 3. The molecule has 51 heavy (non-hydrogen) atoms. The van der Waals surface area contributed by atoms with Gasteiger partial charge in [-0.25, -0.2) is 15.0 Å². The van der Waals surface area contributed by atoms with Crippen LogP contribution < -0.4 is 0 Å². The van der Waals surface area contributed by atoms with Crippen LogP contribution in [0.4, 0.5) is 0 Å². The summed E-state index contributed by atoms with van der Waals surface area (Å²) in [5.41, 5.74) is 10.8. The van der Waals surface area contributed by atoms with Crippen LogP contribution in [-0.2, 0) is 5.41 Å². The highest BCUT2D eigenvalue weighted by atomic mass is 15.0. The summed E-state index contributed by atoms with van der Waals surface area (Å²) in [7, 11) is 0. The van der Waals surface area contributed by atoms with Gasteiger partial charge >= 0.3 is 0 Å². The highest BCUT2D eigenvalue weighted by molar-refractivity contribution is 5.99. The second kappa shape index (κ2) is 11.3. The lowest BCUT2D eigenvalue weighted by Gasteiger charge is -2.21. The molecule has 0 amide bonds. The van der Waals surface area contributed by atoms with Gasteiger partial charge in [-0.2, -0.15) is 0 Å². The van der Waals surface area contributed by atoms with E-state index in [9.17, 15) is 0 Å². The highest BCUT2D eigenvalue weighted by Crippen LogP contribution is 2.52. The molecule has 0 radical (unpaired) electrons. The second-order valence-corrected chi connectivity index (χ2v) is 14.0. The summed E-state index contributed by atoms with van der Waals surface area (Å²) in [4.78, 5) is 15.5. The minimum atomic E-state index is -0.0474. The van der Waals surface area contributed by atoms with E-state index in [0.29, 0.717) is 17.5 Å². The summed E-state index contributed by atoms with van der Waals surface area (Å²) in [5, 5.41) is 6.86. The molecule has 0 unspecified atom stereocenters. The van der Waals surface area contributed by atoms with Crippen LogP contribution >= 0.6 is 0 Å². The lowest BCUT2D eigenvalue weighted by molar-refractivity contribution is 0.660. The number of rotatable bonds is 4. The van der Waals surface area contributed by atoms with Crippen molar-refractivity contribution >= 4 is 32.3 Å². The van der Waals surface area contributed by atoms with Crippen molar-refractivity contribution in [1.29, 1.82) is 0 Å². The van der Waals surface area contributed by atoms with Crippen LogP contribution in [0, 0.1) is 0 Å². The molecule has 8 aromatic carbocycles. The Balaban J connectivity index is 1.16. The SMILES string of the molecule is CC1(C)c2ccccc2-c2c(-c3ccc4ccc(-c5nc(-c6cccc7ccccc67)nc(-c6cccc7ccccc67)n5)cc4c3)cccc21. The Hall–Kier alpha value is -6.45. The summed E-state index contributed by atoms with van der Waals surface area (Å²) in [6.07, 6.45) is 0. The standard InChI is InChI=1S/C48H33N3/c1-48(2)42-22-8-7-18-41(42)44-38(19-11-23-43(44)48)33-26-24-30-25-27-34(29-35(30)28-33)45-49-46(39-20-9-14-31-12-3-5-16-36(31)39)51-47(50-45)40-21-10-15-32-13-4-6-17-37(32)40/h3-29H,1-2H3. The number of benzene rings is 8. The maximum Gasteiger partial charge on any atom is 0.164 e. The minimum Gasteiger partial charge on any atom is -0.208 e. The van der Waals surface area contributed by atoms with Gasteiger partial charge in [-0.15, -0.1) is 0 Å². The molecule has 3 heteroatoms. The van der Waals surface area contributed by atoms with Crippen molar-refractivity contribution in [2.24, 2.45) is 0 Å². The molecule has 1 heterocycles. The van der Waals surface area contributed by atoms with Crippen LogP contribution in [-0.4, -0.2) is 15.0 Å². The molecule has 0 saturated heterocycles. The highest BCUT2D eigenvalue weighted by Gasteiger charge is 2.36. The van der Waals surface area contributed by atoms with Crippen molar-refractivity contribution in [3.8, 4) is 56.4 Å². The van der Waals surface area contributed by atoms with E-state index < -0.39 is 0 Å².